The van der Waals surface area contributed by atoms with E-state index in [4.69, 9.17) is 0 Å². The zero-order chi connectivity index (χ0) is 9.26. The molecule has 64 valence electrons. The third-order valence-electron chi connectivity index (χ3n) is 1.98. The second-order valence-electron chi connectivity index (χ2n) is 2.84. The number of rotatable bonds is 1. The molecular formula is C11H7FO. The molecule has 2 aromatic carbocycles. The van der Waals surface area contributed by atoms with Crippen LogP contribution in [0.4, 0.5) is 4.39 Å². The molecule has 2 rings (SSSR count). The molecule has 2 heteroatoms. The summed E-state index contributed by atoms with van der Waals surface area (Å²) in [6.45, 7) is 0. The molecule has 0 fully saturated rings. The molecule has 0 saturated carbocycles. The van der Waals surface area contributed by atoms with Gasteiger partial charge < -0.3 is 0 Å². The summed E-state index contributed by atoms with van der Waals surface area (Å²) < 4.78 is 12.3. The van der Waals surface area contributed by atoms with E-state index in [0.717, 1.165) is 10.8 Å². The van der Waals surface area contributed by atoms with Crippen LogP contribution in [0, 0.1) is 0 Å². The van der Waals surface area contributed by atoms with E-state index in [1.807, 2.05) is 24.3 Å². The smallest absolute Gasteiger partial charge is 0.255 e. The van der Waals surface area contributed by atoms with Crippen LogP contribution in [0.1, 0.15) is 10.4 Å². The summed E-state index contributed by atoms with van der Waals surface area (Å²) in [5.41, 5.74) is 0.110. The van der Waals surface area contributed by atoms with Gasteiger partial charge in [-0.3, -0.25) is 4.79 Å². The van der Waals surface area contributed by atoms with Crippen molar-refractivity contribution in [1.82, 2.24) is 0 Å². The Morgan fingerprint density at radius 3 is 2.38 bits per heavy atom. The molecule has 13 heavy (non-hydrogen) atoms. The molecule has 0 bridgehead atoms. The molecule has 0 heterocycles. The lowest BCUT2D eigenvalue weighted by Crippen LogP contribution is -1.88. The van der Waals surface area contributed by atoms with Crippen molar-refractivity contribution >= 4 is 16.8 Å². The quantitative estimate of drug-likeness (QED) is 0.607. The maximum atomic E-state index is 12.3. The first-order valence-electron chi connectivity index (χ1n) is 3.96. The molecule has 0 aliphatic heterocycles. The Morgan fingerprint density at radius 1 is 1.00 bits per heavy atom. The Balaban J connectivity index is 2.69. The first-order chi connectivity index (χ1) is 6.27. The van der Waals surface area contributed by atoms with Gasteiger partial charge in [-0.2, -0.15) is 4.39 Å². The highest BCUT2D eigenvalue weighted by atomic mass is 19.1. The van der Waals surface area contributed by atoms with Crippen molar-refractivity contribution in [2.45, 2.75) is 0 Å². The minimum Gasteiger partial charge on any atom is -0.255 e. The predicted molar refractivity (Wildman–Crippen MR) is 49.4 cm³/mol. The SMILES string of the molecule is O=C(F)c1ccc2ccccc2c1. The van der Waals surface area contributed by atoms with E-state index in [1.54, 1.807) is 12.1 Å². The molecular weight excluding hydrogens is 167 g/mol. The van der Waals surface area contributed by atoms with E-state index in [-0.39, 0.29) is 5.56 Å². The molecule has 0 amide bonds. The van der Waals surface area contributed by atoms with Gasteiger partial charge in [0.15, 0.2) is 0 Å². The average molecular weight is 174 g/mol. The average Bonchev–Trinajstić information content (AvgIpc) is 2.17. The summed E-state index contributed by atoms with van der Waals surface area (Å²) in [5.74, 6) is 0. The molecule has 1 nitrogen and oxygen atoms in total. The molecule has 0 radical (unpaired) electrons. The molecule has 2 aromatic rings. The van der Waals surface area contributed by atoms with Gasteiger partial charge in [0.1, 0.15) is 0 Å². The number of hydrogen-bond donors (Lipinski definition) is 0. The first kappa shape index (κ1) is 7.92. The molecule has 0 aliphatic rings. The van der Waals surface area contributed by atoms with Gasteiger partial charge in [0.25, 0.3) is 0 Å². The van der Waals surface area contributed by atoms with E-state index >= 15 is 0 Å². The minimum atomic E-state index is -1.38. The van der Waals surface area contributed by atoms with Crippen LogP contribution >= 0.6 is 0 Å². The van der Waals surface area contributed by atoms with E-state index < -0.39 is 6.04 Å². The predicted octanol–water partition coefficient (Wildman–Crippen LogP) is 2.95. The summed E-state index contributed by atoms with van der Waals surface area (Å²) in [5, 5.41) is 1.89. The van der Waals surface area contributed by atoms with E-state index in [9.17, 15) is 9.18 Å². The number of fused-ring (bicyclic) bond motifs is 1. The van der Waals surface area contributed by atoms with Gasteiger partial charge in [-0.15, -0.1) is 0 Å². The number of hydrogen-bond acceptors (Lipinski definition) is 1. The highest BCUT2D eigenvalue weighted by Gasteiger charge is 2.02. The summed E-state index contributed by atoms with van der Waals surface area (Å²) >= 11 is 0. The molecule has 0 N–H and O–H groups in total. The summed E-state index contributed by atoms with van der Waals surface area (Å²) in [6.07, 6.45) is 0. The maximum Gasteiger partial charge on any atom is 0.332 e. The second-order valence-corrected chi connectivity index (χ2v) is 2.84. The fourth-order valence-corrected chi connectivity index (χ4v) is 1.31. The highest BCUT2D eigenvalue weighted by Crippen LogP contribution is 2.15. The van der Waals surface area contributed by atoms with Crippen molar-refractivity contribution < 1.29 is 9.18 Å². The molecule has 0 atom stereocenters. The lowest BCUT2D eigenvalue weighted by Gasteiger charge is -1.97. The van der Waals surface area contributed by atoms with Crippen LogP contribution in [0.3, 0.4) is 0 Å². The monoisotopic (exact) mass is 174 g/mol. The van der Waals surface area contributed by atoms with Gasteiger partial charge in [-0.1, -0.05) is 30.3 Å². The van der Waals surface area contributed by atoms with Crippen molar-refractivity contribution in [3.63, 3.8) is 0 Å². The Hall–Kier alpha value is -1.70. The van der Waals surface area contributed by atoms with Gasteiger partial charge in [-0.25, -0.2) is 0 Å². The van der Waals surface area contributed by atoms with Crippen LogP contribution in [-0.2, 0) is 0 Å². The van der Waals surface area contributed by atoms with Crippen LogP contribution in [0.2, 0.25) is 0 Å². The normalized spacial score (nSPS) is 10.2. The van der Waals surface area contributed by atoms with Gasteiger partial charge in [0, 0.05) is 0 Å². The van der Waals surface area contributed by atoms with Gasteiger partial charge in [0.2, 0.25) is 0 Å². The van der Waals surface area contributed by atoms with Crippen LogP contribution in [0.5, 0.6) is 0 Å². The van der Waals surface area contributed by atoms with Crippen LogP contribution in [0.15, 0.2) is 42.5 Å². The number of carbonyl (C=O) groups is 1. The molecule has 0 spiro atoms. The van der Waals surface area contributed by atoms with Crippen molar-refractivity contribution in [2.24, 2.45) is 0 Å². The van der Waals surface area contributed by atoms with Crippen LogP contribution < -0.4 is 0 Å². The molecule has 0 unspecified atom stereocenters. The zero-order valence-electron chi connectivity index (χ0n) is 6.83. The van der Waals surface area contributed by atoms with Gasteiger partial charge in [-0.05, 0) is 22.9 Å². The van der Waals surface area contributed by atoms with Crippen molar-refractivity contribution in [1.29, 1.82) is 0 Å². The van der Waals surface area contributed by atoms with E-state index in [0.29, 0.717) is 0 Å². The van der Waals surface area contributed by atoms with Crippen LogP contribution in [0.25, 0.3) is 10.8 Å². The summed E-state index contributed by atoms with van der Waals surface area (Å²) in [7, 11) is 0. The summed E-state index contributed by atoms with van der Waals surface area (Å²) in [6, 6.07) is 10.9. The Labute approximate surface area is 74.8 Å². The molecule has 0 aromatic heterocycles. The fraction of sp³-hybridized carbons (Fsp3) is 0. The topological polar surface area (TPSA) is 17.1 Å². The number of benzene rings is 2. The second kappa shape index (κ2) is 2.98. The zero-order valence-corrected chi connectivity index (χ0v) is 6.83. The molecule has 0 aliphatic carbocycles. The highest BCUT2D eigenvalue weighted by molar-refractivity contribution is 5.94. The third-order valence-corrected chi connectivity index (χ3v) is 1.98. The fourth-order valence-electron chi connectivity index (χ4n) is 1.31. The van der Waals surface area contributed by atoms with Crippen molar-refractivity contribution in [3.8, 4) is 0 Å². The maximum absolute atomic E-state index is 12.3. The van der Waals surface area contributed by atoms with Crippen molar-refractivity contribution in [3.05, 3.63) is 48.0 Å². The summed E-state index contributed by atoms with van der Waals surface area (Å²) in [4.78, 5) is 10.4. The van der Waals surface area contributed by atoms with E-state index in [2.05, 4.69) is 0 Å². The number of carbonyl (C=O) groups excluding carboxylic acids is 1. The Morgan fingerprint density at radius 2 is 1.69 bits per heavy atom. The standard InChI is InChI=1S/C11H7FO/c12-11(13)10-6-5-8-3-1-2-4-9(8)7-10/h1-7H. The Bertz CT molecular complexity index is 462. The van der Waals surface area contributed by atoms with Gasteiger partial charge in [0.05, 0.1) is 5.56 Å². The third kappa shape index (κ3) is 1.43. The number of halogens is 1. The molecule has 0 saturated heterocycles. The van der Waals surface area contributed by atoms with Crippen LogP contribution in [-0.4, -0.2) is 6.04 Å². The Kier molecular flexibility index (Phi) is 1.81. The lowest BCUT2D eigenvalue weighted by molar-refractivity contribution is 0.0836. The lowest BCUT2D eigenvalue weighted by atomic mass is 10.1. The van der Waals surface area contributed by atoms with Gasteiger partial charge >= 0.3 is 6.04 Å². The largest absolute Gasteiger partial charge is 0.332 e. The minimum absolute atomic E-state index is 0.110. The van der Waals surface area contributed by atoms with E-state index in [1.165, 1.54) is 6.07 Å². The van der Waals surface area contributed by atoms with Crippen molar-refractivity contribution in [2.75, 3.05) is 0 Å². The first-order valence-corrected chi connectivity index (χ1v) is 3.96.